The molecule has 2 aromatic heterocycles. The largest absolute Gasteiger partial charge is 0.473 e. The van der Waals surface area contributed by atoms with E-state index in [1.807, 2.05) is 12.1 Å². The first-order chi connectivity index (χ1) is 5.00. The van der Waals surface area contributed by atoms with Crippen molar-refractivity contribution in [2.75, 3.05) is 0 Å². The lowest BCUT2D eigenvalue weighted by molar-refractivity contribution is 0.567. The number of H-pyrrole nitrogens is 1. The van der Waals surface area contributed by atoms with Crippen LogP contribution in [-0.4, -0.2) is 15.4 Å². The average molecular weight is 137 g/mol. The first-order valence-corrected chi connectivity index (χ1v) is 2.77. The zero-order valence-electron chi connectivity index (χ0n) is 5.27. The summed E-state index contributed by atoms with van der Waals surface area (Å²) >= 11 is 0. The minimum atomic E-state index is 1.58. The van der Waals surface area contributed by atoms with Crippen molar-refractivity contribution in [1.82, 2.24) is 15.4 Å². The lowest BCUT2D eigenvalue weighted by atomic mass is 10.7. The molecule has 0 aliphatic heterocycles. The van der Waals surface area contributed by atoms with Gasteiger partial charge in [0, 0.05) is 0 Å². The van der Waals surface area contributed by atoms with Crippen molar-refractivity contribution >= 4 is 0 Å². The zero-order chi connectivity index (χ0) is 7.07. The van der Waals surface area contributed by atoms with Crippen molar-refractivity contribution in [1.29, 1.82) is 0 Å². The van der Waals surface area contributed by atoms with Crippen molar-refractivity contribution < 1.29 is 4.42 Å². The van der Waals surface area contributed by atoms with Crippen molar-refractivity contribution in [2.45, 2.75) is 0 Å². The van der Waals surface area contributed by atoms with Crippen LogP contribution in [0.2, 0.25) is 0 Å². The first kappa shape index (κ1) is 6.54. The quantitative estimate of drug-likeness (QED) is 0.591. The lowest BCUT2D eigenvalue weighted by Gasteiger charge is -1.50. The van der Waals surface area contributed by atoms with Crippen molar-refractivity contribution in [3.63, 3.8) is 0 Å². The maximum absolute atomic E-state index is 4.58. The summed E-state index contributed by atoms with van der Waals surface area (Å²) in [6.07, 6.45) is 6.42. The predicted molar refractivity (Wildman–Crippen MR) is 35.1 cm³/mol. The van der Waals surface area contributed by atoms with E-state index in [1.54, 1.807) is 24.9 Å². The molecule has 1 N–H and O–H groups in total. The SMILES string of the molecule is c1ccoc1.c1cn[nH]n1. The normalized spacial score (nSPS) is 8.00. The van der Waals surface area contributed by atoms with Gasteiger partial charge in [-0.05, 0) is 12.1 Å². The van der Waals surface area contributed by atoms with Gasteiger partial charge in [0.05, 0.1) is 24.9 Å². The standard InChI is InChI=1S/C4H4O.C2H3N3/c2*1-2-4-5-3-1/h1-4H;1-2H,(H,3,4,5). The summed E-state index contributed by atoms with van der Waals surface area (Å²) in [5, 5.41) is 9.33. The Morgan fingerprint density at radius 3 is 1.80 bits per heavy atom. The molecule has 2 aromatic rings. The second-order valence-electron chi connectivity index (χ2n) is 1.45. The van der Waals surface area contributed by atoms with E-state index in [9.17, 15) is 0 Å². The van der Waals surface area contributed by atoms with E-state index in [-0.39, 0.29) is 0 Å². The van der Waals surface area contributed by atoms with Crippen LogP contribution in [-0.2, 0) is 0 Å². The van der Waals surface area contributed by atoms with Crippen LogP contribution in [0.15, 0.2) is 41.5 Å². The summed E-state index contributed by atoms with van der Waals surface area (Å²) in [5.41, 5.74) is 0. The topological polar surface area (TPSA) is 54.7 Å². The van der Waals surface area contributed by atoms with Crippen LogP contribution >= 0.6 is 0 Å². The smallest absolute Gasteiger partial charge is 0.0902 e. The molecule has 2 rings (SSSR count). The van der Waals surface area contributed by atoms with Crippen LogP contribution in [0, 0.1) is 0 Å². The minimum absolute atomic E-state index is 1.58. The van der Waals surface area contributed by atoms with Crippen molar-refractivity contribution in [3.05, 3.63) is 37.1 Å². The maximum atomic E-state index is 4.58. The fourth-order valence-electron chi connectivity index (χ4n) is 0.393. The Labute approximate surface area is 57.9 Å². The molecule has 0 atom stereocenters. The lowest BCUT2D eigenvalue weighted by Crippen LogP contribution is -1.61. The Morgan fingerprint density at radius 2 is 1.60 bits per heavy atom. The summed E-state index contributed by atoms with van der Waals surface area (Å²) in [6, 6.07) is 3.67. The molecule has 0 unspecified atom stereocenters. The molecule has 0 radical (unpaired) electrons. The van der Waals surface area contributed by atoms with Gasteiger partial charge in [0.2, 0.25) is 0 Å². The highest BCUT2D eigenvalue weighted by Gasteiger charge is 1.59. The third kappa shape index (κ3) is 2.66. The summed E-state index contributed by atoms with van der Waals surface area (Å²) in [4.78, 5) is 0. The molecule has 0 amide bonds. The van der Waals surface area contributed by atoms with Gasteiger partial charge >= 0.3 is 0 Å². The Balaban J connectivity index is 0.0000001000. The van der Waals surface area contributed by atoms with E-state index in [1.165, 1.54) is 0 Å². The zero-order valence-corrected chi connectivity index (χ0v) is 5.27. The molecular weight excluding hydrogens is 130 g/mol. The maximum Gasteiger partial charge on any atom is 0.0902 e. The van der Waals surface area contributed by atoms with Crippen LogP contribution < -0.4 is 0 Å². The van der Waals surface area contributed by atoms with E-state index in [0.29, 0.717) is 0 Å². The molecule has 0 saturated heterocycles. The number of furan rings is 1. The van der Waals surface area contributed by atoms with Crippen molar-refractivity contribution in [2.24, 2.45) is 0 Å². The molecule has 52 valence electrons. The van der Waals surface area contributed by atoms with Gasteiger partial charge in [-0.25, -0.2) is 0 Å². The van der Waals surface area contributed by atoms with Crippen LogP contribution in [0.1, 0.15) is 0 Å². The Hall–Kier alpha value is -1.58. The third-order valence-electron chi connectivity index (χ3n) is 0.757. The molecule has 0 saturated carbocycles. The molecule has 2 heterocycles. The molecule has 4 nitrogen and oxygen atoms in total. The van der Waals surface area contributed by atoms with E-state index < -0.39 is 0 Å². The fourth-order valence-corrected chi connectivity index (χ4v) is 0.393. The molecule has 0 spiro atoms. The molecular formula is C6H7N3O. The molecule has 10 heavy (non-hydrogen) atoms. The fraction of sp³-hybridized carbons (Fsp3) is 0. The molecule has 4 heteroatoms. The van der Waals surface area contributed by atoms with E-state index >= 15 is 0 Å². The van der Waals surface area contributed by atoms with Crippen molar-refractivity contribution in [3.8, 4) is 0 Å². The molecule has 0 bridgehead atoms. The summed E-state index contributed by atoms with van der Waals surface area (Å²) in [7, 11) is 0. The average Bonchev–Trinajstić information content (AvgIpc) is 2.67. The van der Waals surface area contributed by atoms with Gasteiger partial charge in [-0.1, -0.05) is 0 Å². The highest BCUT2D eigenvalue weighted by Crippen LogP contribution is 1.79. The summed E-state index contributed by atoms with van der Waals surface area (Å²) < 4.78 is 4.58. The molecule has 0 aromatic carbocycles. The number of hydrogen-bond acceptors (Lipinski definition) is 3. The van der Waals surface area contributed by atoms with Gasteiger partial charge in [-0.15, -0.1) is 0 Å². The monoisotopic (exact) mass is 137 g/mol. The number of rotatable bonds is 0. The number of aromatic amines is 1. The molecule has 0 aliphatic rings. The number of nitrogens with zero attached hydrogens (tertiary/aromatic N) is 2. The van der Waals surface area contributed by atoms with Gasteiger partial charge in [0.15, 0.2) is 0 Å². The van der Waals surface area contributed by atoms with Gasteiger partial charge in [-0.3, -0.25) is 0 Å². The van der Waals surface area contributed by atoms with Gasteiger partial charge in [0.25, 0.3) is 0 Å². The van der Waals surface area contributed by atoms with Crippen LogP contribution in [0.3, 0.4) is 0 Å². The summed E-state index contributed by atoms with van der Waals surface area (Å²) in [5.74, 6) is 0. The Morgan fingerprint density at radius 1 is 1.00 bits per heavy atom. The van der Waals surface area contributed by atoms with Crippen LogP contribution in [0.5, 0.6) is 0 Å². The van der Waals surface area contributed by atoms with Gasteiger partial charge < -0.3 is 4.42 Å². The highest BCUT2D eigenvalue weighted by molar-refractivity contribution is 4.79. The third-order valence-corrected chi connectivity index (χ3v) is 0.757. The highest BCUT2D eigenvalue weighted by atomic mass is 16.3. The predicted octanol–water partition coefficient (Wildman–Crippen LogP) is 1.08. The van der Waals surface area contributed by atoms with Crippen LogP contribution in [0.4, 0.5) is 0 Å². The van der Waals surface area contributed by atoms with E-state index in [0.717, 1.165) is 0 Å². The first-order valence-electron chi connectivity index (χ1n) is 2.77. The van der Waals surface area contributed by atoms with E-state index in [2.05, 4.69) is 19.8 Å². The summed E-state index contributed by atoms with van der Waals surface area (Å²) in [6.45, 7) is 0. The van der Waals surface area contributed by atoms with E-state index in [4.69, 9.17) is 0 Å². The second kappa shape index (κ2) is 4.31. The second-order valence-corrected chi connectivity index (χ2v) is 1.45. The van der Waals surface area contributed by atoms with Gasteiger partial charge in [-0.2, -0.15) is 15.4 Å². The number of nitrogens with one attached hydrogen (secondary N) is 1. The number of aromatic nitrogens is 3. The minimum Gasteiger partial charge on any atom is -0.473 e. The Bertz CT molecular complexity index is 152. The molecule has 0 fully saturated rings. The van der Waals surface area contributed by atoms with Gasteiger partial charge in [0.1, 0.15) is 0 Å². The molecule has 0 aliphatic carbocycles. The van der Waals surface area contributed by atoms with Crippen LogP contribution in [0.25, 0.3) is 0 Å². The Kier molecular flexibility index (Phi) is 2.82. The number of hydrogen-bond donors (Lipinski definition) is 1.